The molecule has 3 nitrogen and oxygen atoms in total. The maximum absolute atomic E-state index is 3.92. The highest BCUT2D eigenvalue weighted by molar-refractivity contribution is 4.59. The van der Waals surface area contributed by atoms with E-state index in [4.69, 9.17) is 0 Å². The lowest BCUT2D eigenvalue weighted by atomic mass is 10.4. The fourth-order valence-electron chi connectivity index (χ4n) is 0.484. The van der Waals surface area contributed by atoms with Crippen LogP contribution in [0.1, 0.15) is 33.7 Å². The van der Waals surface area contributed by atoms with E-state index in [1.165, 1.54) is 0 Å². The molecule has 0 saturated heterocycles. The maximum Gasteiger partial charge on any atom is 0.137 e. The second kappa shape index (κ2) is 4.97. The van der Waals surface area contributed by atoms with E-state index in [0.717, 1.165) is 0 Å². The zero-order valence-corrected chi connectivity index (χ0v) is 7.07. The third-order valence-corrected chi connectivity index (χ3v) is 0.966. The highest BCUT2D eigenvalue weighted by atomic mass is 15.3. The molecule has 1 rings (SSSR count). The molecule has 1 aromatic rings. The highest BCUT2D eigenvalue weighted by Gasteiger charge is 1.92. The number of hydrogen-bond donors (Lipinski definition) is 0. The Morgan fingerprint density at radius 1 is 1.30 bits per heavy atom. The molecule has 0 aliphatic rings. The topological polar surface area (TPSA) is 30.7 Å². The monoisotopic (exact) mass is 141 g/mol. The molecule has 0 atom stereocenters. The minimum absolute atomic E-state index is 0.428. The molecule has 58 valence electrons. The summed E-state index contributed by atoms with van der Waals surface area (Å²) in [6.45, 7) is 8.13. The molecule has 0 amide bonds. The molecule has 0 unspecified atom stereocenters. The Hall–Kier alpha value is -0.860. The van der Waals surface area contributed by atoms with Gasteiger partial charge in [0, 0.05) is 6.04 Å². The predicted molar refractivity (Wildman–Crippen MR) is 41.8 cm³/mol. The number of rotatable bonds is 1. The van der Waals surface area contributed by atoms with Crippen molar-refractivity contribution in [1.29, 1.82) is 0 Å². The van der Waals surface area contributed by atoms with E-state index in [9.17, 15) is 0 Å². The van der Waals surface area contributed by atoms with Crippen LogP contribution in [-0.4, -0.2) is 14.8 Å². The summed E-state index contributed by atoms with van der Waals surface area (Å²) in [5.41, 5.74) is 0. The molecule has 0 aliphatic heterocycles. The van der Waals surface area contributed by atoms with Crippen LogP contribution in [0, 0.1) is 0 Å². The lowest BCUT2D eigenvalue weighted by Crippen LogP contribution is -1.99. The largest absolute Gasteiger partial charge is 0.250 e. The van der Waals surface area contributed by atoms with Gasteiger partial charge in [0.1, 0.15) is 12.7 Å². The third-order valence-electron chi connectivity index (χ3n) is 0.966. The molecule has 0 N–H and O–H groups in total. The summed E-state index contributed by atoms with van der Waals surface area (Å²) in [7, 11) is 0. The summed E-state index contributed by atoms with van der Waals surface area (Å²) < 4.78 is 1.81. The number of hydrogen-bond acceptors (Lipinski definition) is 2. The first-order valence-corrected chi connectivity index (χ1v) is 3.65. The summed E-state index contributed by atoms with van der Waals surface area (Å²) in [6, 6.07) is 0.428. The van der Waals surface area contributed by atoms with E-state index in [-0.39, 0.29) is 0 Å². The van der Waals surface area contributed by atoms with Crippen LogP contribution in [-0.2, 0) is 0 Å². The quantitative estimate of drug-likeness (QED) is 0.598. The molecule has 1 heterocycles. The summed E-state index contributed by atoms with van der Waals surface area (Å²) >= 11 is 0. The van der Waals surface area contributed by atoms with E-state index in [2.05, 4.69) is 23.9 Å². The highest BCUT2D eigenvalue weighted by Crippen LogP contribution is 1.96. The summed E-state index contributed by atoms with van der Waals surface area (Å²) in [5.74, 6) is 0. The van der Waals surface area contributed by atoms with Crippen LogP contribution in [0.15, 0.2) is 12.7 Å². The van der Waals surface area contributed by atoms with Gasteiger partial charge in [0.25, 0.3) is 0 Å². The molecular weight excluding hydrogens is 126 g/mol. The van der Waals surface area contributed by atoms with Gasteiger partial charge in [-0.1, -0.05) is 13.8 Å². The van der Waals surface area contributed by atoms with Crippen LogP contribution in [0.25, 0.3) is 0 Å². The Morgan fingerprint density at radius 2 is 1.90 bits per heavy atom. The normalized spacial score (nSPS) is 8.90. The summed E-state index contributed by atoms with van der Waals surface area (Å²) in [6.07, 6.45) is 3.25. The lowest BCUT2D eigenvalue weighted by Gasteiger charge is -2.00. The van der Waals surface area contributed by atoms with Gasteiger partial charge in [-0.3, -0.25) is 4.68 Å². The van der Waals surface area contributed by atoms with Crippen molar-refractivity contribution < 1.29 is 0 Å². The Kier molecular flexibility index (Phi) is 4.54. The van der Waals surface area contributed by atoms with Crippen molar-refractivity contribution in [2.75, 3.05) is 0 Å². The fraction of sp³-hybridized carbons (Fsp3) is 0.714. The maximum atomic E-state index is 3.92. The van der Waals surface area contributed by atoms with E-state index in [0.29, 0.717) is 6.04 Å². The van der Waals surface area contributed by atoms with Crippen LogP contribution in [0.2, 0.25) is 0 Å². The predicted octanol–water partition coefficient (Wildman–Crippen LogP) is 1.89. The van der Waals surface area contributed by atoms with Gasteiger partial charge < -0.3 is 0 Å². The van der Waals surface area contributed by atoms with Crippen molar-refractivity contribution in [3.05, 3.63) is 12.7 Å². The molecule has 0 saturated carbocycles. The minimum Gasteiger partial charge on any atom is -0.250 e. The van der Waals surface area contributed by atoms with E-state index in [1.807, 2.05) is 13.8 Å². The molecule has 10 heavy (non-hydrogen) atoms. The SMILES string of the molecule is CC.CC(C)n1cncn1. The van der Waals surface area contributed by atoms with Gasteiger partial charge in [-0.2, -0.15) is 5.10 Å². The Balaban J connectivity index is 0.000000371. The molecule has 0 bridgehead atoms. The van der Waals surface area contributed by atoms with Crippen molar-refractivity contribution in [3.8, 4) is 0 Å². The second-order valence-electron chi connectivity index (χ2n) is 1.97. The van der Waals surface area contributed by atoms with Gasteiger partial charge in [-0.25, -0.2) is 4.98 Å². The summed E-state index contributed by atoms with van der Waals surface area (Å²) in [5, 5.41) is 3.92. The van der Waals surface area contributed by atoms with Gasteiger partial charge in [-0.15, -0.1) is 0 Å². The molecule has 0 aromatic carbocycles. The Morgan fingerprint density at radius 3 is 2.10 bits per heavy atom. The van der Waals surface area contributed by atoms with Crippen LogP contribution >= 0.6 is 0 Å². The van der Waals surface area contributed by atoms with Crippen LogP contribution in [0.5, 0.6) is 0 Å². The van der Waals surface area contributed by atoms with Crippen LogP contribution in [0.3, 0.4) is 0 Å². The van der Waals surface area contributed by atoms with Crippen molar-refractivity contribution in [2.24, 2.45) is 0 Å². The smallest absolute Gasteiger partial charge is 0.137 e. The van der Waals surface area contributed by atoms with E-state index < -0.39 is 0 Å². The van der Waals surface area contributed by atoms with Crippen LogP contribution < -0.4 is 0 Å². The molecule has 0 spiro atoms. The van der Waals surface area contributed by atoms with Crippen molar-refractivity contribution >= 4 is 0 Å². The molecule has 3 heteroatoms. The Bertz CT molecular complexity index is 144. The van der Waals surface area contributed by atoms with Crippen molar-refractivity contribution in [1.82, 2.24) is 14.8 Å². The fourth-order valence-corrected chi connectivity index (χ4v) is 0.484. The lowest BCUT2D eigenvalue weighted by molar-refractivity contribution is 0.531. The van der Waals surface area contributed by atoms with Gasteiger partial charge in [-0.05, 0) is 13.8 Å². The zero-order chi connectivity index (χ0) is 7.98. The molecular formula is C7H15N3. The van der Waals surface area contributed by atoms with Gasteiger partial charge in [0.2, 0.25) is 0 Å². The average Bonchev–Trinajstić information content (AvgIpc) is 2.42. The van der Waals surface area contributed by atoms with Gasteiger partial charge >= 0.3 is 0 Å². The van der Waals surface area contributed by atoms with Crippen LogP contribution in [0.4, 0.5) is 0 Å². The molecule has 0 fully saturated rings. The van der Waals surface area contributed by atoms with Gasteiger partial charge in [0.05, 0.1) is 0 Å². The molecule has 0 radical (unpaired) electrons. The second-order valence-corrected chi connectivity index (χ2v) is 1.97. The average molecular weight is 141 g/mol. The minimum atomic E-state index is 0.428. The van der Waals surface area contributed by atoms with E-state index in [1.54, 1.807) is 17.3 Å². The third kappa shape index (κ3) is 2.62. The first-order valence-electron chi connectivity index (χ1n) is 3.65. The number of aromatic nitrogens is 3. The van der Waals surface area contributed by atoms with Crippen molar-refractivity contribution in [2.45, 2.75) is 33.7 Å². The zero-order valence-electron chi connectivity index (χ0n) is 7.07. The van der Waals surface area contributed by atoms with E-state index >= 15 is 0 Å². The number of nitrogens with zero attached hydrogens (tertiary/aromatic N) is 3. The Labute approximate surface area is 62.1 Å². The first-order chi connectivity index (χ1) is 4.80. The summed E-state index contributed by atoms with van der Waals surface area (Å²) in [4.78, 5) is 3.80. The van der Waals surface area contributed by atoms with Gasteiger partial charge in [0.15, 0.2) is 0 Å². The standard InChI is InChI=1S/C5H9N3.C2H6/c1-5(2)8-4-6-3-7-8;1-2/h3-5H,1-2H3;1-2H3. The first kappa shape index (κ1) is 9.14. The van der Waals surface area contributed by atoms with Crippen molar-refractivity contribution in [3.63, 3.8) is 0 Å². The molecule has 1 aromatic heterocycles. The molecule has 0 aliphatic carbocycles.